The van der Waals surface area contributed by atoms with Crippen molar-refractivity contribution in [3.8, 4) is 0 Å². The van der Waals surface area contributed by atoms with Crippen LogP contribution in [0.2, 0.25) is 5.02 Å². The molecule has 3 aromatic rings. The Morgan fingerprint density at radius 2 is 1.29 bits per heavy atom. The number of nitrogens with zero attached hydrogens (tertiary/aromatic N) is 1. The SMILES string of the molecule is O=C(O)c1ccc(C(=O)N(Cl)c2ccc(C(F)(C(F)(F)F)C(F)(F)F)cc2Cl)c2ccccc12. The second kappa shape index (κ2) is 8.62. The molecule has 0 aliphatic carbocycles. The van der Waals surface area contributed by atoms with E-state index in [-0.39, 0.29) is 34.0 Å². The Kier molecular flexibility index (Phi) is 6.49. The van der Waals surface area contributed by atoms with Gasteiger partial charge in [0.05, 0.1) is 16.3 Å². The second-order valence-corrected chi connectivity index (χ2v) is 7.66. The van der Waals surface area contributed by atoms with Gasteiger partial charge in [0.1, 0.15) is 0 Å². The maximum absolute atomic E-state index is 14.3. The molecule has 0 heterocycles. The summed E-state index contributed by atoms with van der Waals surface area (Å²) in [5.41, 5.74) is -8.37. The van der Waals surface area contributed by atoms with Crippen LogP contribution in [-0.4, -0.2) is 29.3 Å². The van der Waals surface area contributed by atoms with E-state index in [9.17, 15) is 45.4 Å². The van der Waals surface area contributed by atoms with Crippen molar-refractivity contribution in [2.45, 2.75) is 18.0 Å². The quantitative estimate of drug-likeness (QED) is 0.286. The first-order valence-corrected chi connectivity index (χ1v) is 9.70. The van der Waals surface area contributed by atoms with Crippen molar-refractivity contribution >= 4 is 51.7 Å². The monoisotopic (exact) mass is 527 g/mol. The van der Waals surface area contributed by atoms with Crippen molar-refractivity contribution in [3.05, 3.63) is 76.3 Å². The molecule has 180 valence electrons. The van der Waals surface area contributed by atoms with Crippen LogP contribution >= 0.6 is 23.4 Å². The zero-order chi connectivity index (χ0) is 25.6. The minimum absolute atomic E-state index is 0.0756. The molecule has 4 nitrogen and oxygen atoms in total. The highest BCUT2D eigenvalue weighted by molar-refractivity contribution is 6.43. The van der Waals surface area contributed by atoms with Gasteiger partial charge < -0.3 is 5.11 Å². The van der Waals surface area contributed by atoms with E-state index in [0.717, 1.165) is 12.1 Å². The number of hydrogen-bond acceptors (Lipinski definition) is 2. The highest BCUT2D eigenvalue weighted by atomic mass is 35.5. The first-order chi connectivity index (χ1) is 15.6. The molecule has 0 bridgehead atoms. The molecular formula is C21H10Cl2F7NO3. The lowest BCUT2D eigenvalue weighted by molar-refractivity contribution is -0.348. The van der Waals surface area contributed by atoms with Crippen molar-refractivity contribution in [2.24, 2.45) is 0 Å². The minimum Gasteiger partial charge on any atom is -0.478 e. The van der Waals surface area contributed by atoms with Gasteiger partial charge in [0.25, 0.3) is 5.91 Å². The maximum atomic E-state index is 14.3. The zero-order valence-corrected chi connectivity index (χ0v) is 17.8. The Balaban J connectivity index is 2.07. The van der Waals surface area contributed by atoms with Gasteiger partial charge in [0, 0.05) is 22.9 Å². The van der Waals surface area contributed by atoms with Crippen molar-refractivity contribution < 1.29 is 45.4 Å². The number of halogens is 9. The third kappa shape index (κ3) is 4.14. The summed E-state index contributed by atoms with van der Waals surface area (Å²) in [5, 5.41) is 8.77. The van der Waals surface area contributed by atoms with Crippen molar-refractivity contribution in [3.63, 3.8) is 0 Å². The van der Waals surface area contributed by atoms with Gasteiger partial charge in [-0.05, 0) is 35.0 Å². The Morgan fingerprint density at radius 1 is 0.794 bits per heavy atom. The van der Waals surface area contributed by atoms with Crippen molar-refractivity contribution in [2.75, 3.05) is 4.42 Å². The summed E-state index contributed by atoms with van der Waals surface area (Å²) in [6, 6.07) is 8.87. The summed E-state index contributed by atoms with van der Waals surface area (Å²) in [5.74, 6) is -2.30. The number of carbonyl (C=O) groups excluding carboxylic acids is 1. The average Bonchev–Trinajstić information content (AvgIpc) is 2.75. The Hall–Kier alpha value is -3.05. The molecule has 0 radical (unpaired) electrons. The molecule has 0 aromatic heterocycles. The van der Waals surface area contributed by atoms with Gasteiger partial charge >= 0.3 is 24.0 Å². The molecule has 3 aromatic carbocycles. The standard InChI is InChI=1S/C21H10Cl2F7NO3/c22-15-9-10(19(24,20(25,26)27)21(28,29)30)5-8-16(15)31(23)17(32)13-6-7-14(18(33)34)12-4-2-1-3-11(12)13/h1-9H,(H,33,34). The van der Waals surface area contributed by atoms with Crippen molar-refractivity contribution in [1.82, 2.24) is 0 Å². The zero-order valence-electron chi connectivity index (χ0n) is 16.3. The fourth-order valence-electron chi connectivity index (χ4n) is 3.26. The largest absolute Gasteiger partial charge is 0.478 e. The molecule has 0 fully saturated rings. The summed E-state index contributed by atoms with van der Waals surface area (Å²) in [6.07, 6.45) is -12.7. The number of carbonyl (C=O) groups is 2. The van der Waals surface area contributed by atoms with Crippen LogP contribution in [0.5, 0.6) is 0 Å². The molecule has 0 spiro atoms. The minimum atomic E-state index is -6.35. The molecule has 3 rings (SSSR count). The van der Waals surface area contributed by atoms with Gasteiger partial charge in [-0.2, -0.15) is 26.3 Å². The van der Waals surface area contributed by atoms with E-state index in [1.54, 1.807) is 0 Å². The first kappa shape index (κ1) is 25.6. The number of carboxylic acids is 1. The van der Waals surface area contributed by atoms with Crippen LogP contribution in [0, 0.1) is 0 Å². The van der Waals surface area contributed by atoms with Gasteiger partial charge in [0.15, 0.2) is 0 Å². The molecular weight excluding hydrogens is 518 g/mol. The number of alkyl halides is 7. The average molecular weight is 528 g/mol. The van der Waals surface area contributed by atoms with Gasteiger partial charge in [-0.15, -0.1) is 0 Å². The molecule has 34 heavy (non-hydrogen) atoms. The maximum Gasteiger partial charge on any atom is 0.435 e. The van der Waals surface area contributed by atoms with Crippen LogP contribution in [0.4, 0.5) is 36.4 Å². The number of benzene rings is 3. The number of aromatic carboxylic acids is 1. The number of amides is 1. The number of carboxylic acid groups (broad SMARTS) is 1. The van der Waals surface area contributed by atoms with E-state index in [1.165, 1.54) is 24.3 Å². The molecule has 13 heteroatoms. The van der Waals surface area contributed by atoms with Gasteiger partial charge in [0.2, 0.25) is 0 Å². The van der Waals surface area contributed by atoms with E-state index in [2.05, 4.69) is 0 Å². The highest BCUT2D eigenvalue weighted by Gasteiger charge is 2.73. The lowest BCUT2D eigenvalue weighted by Gasteiger charge is -2.30. The summed E-state index contributed by atoms with van der Waals surface area (Å²) in [4.78, 5) is 24.4. The molecule has 0 saturated carbocycles. The van der Waals surface area contributed by atoms with Crippen LogP contribution in [0.3, 0.4) is 0 Å². The predicted octanol–water partition coefficient (Wildman–Crippen LogP) is 7.28. The van der Waals surface area contributed by atoms with E-state index < -0.39 is 46.2 Å². The number of fused-ring (bicyclic) bond motifs is 1. The third-order valence-electron chi connectivity index (χ3n) is 4.90. The fraction of sp³-hybridized carbons (Fsp3) is 0.143. The normalized spacial score (nSPS) is 12.6. The van der Waals surface area contributed by atoms with Gasteiger partial charge in [-0.1, -0.05) is 41.9 Å². The van der Waals surface area contributed by atoms with Crippen LogP contribution < -0.4 is 4.42 Å². The summed E-state index contributed by atoms with van der Waals surface area (Å²) < 4.78 is 92.6. The molecule has 0 aliphatic heterocycles. The van der Waals surface area contributed by atoms with Crippen LogP contribution in [0.15, 0.2) is 54.6 Å². The Labute approximate surface area is 196 Å². The third-order valence-corrected chi connectivity index (χ3v) is 5.54. The van der Waals surface area contributed by atoms with Gasteiger partial charge in [-0.3, -0.25) is 4.79 Å². The summed E-state index contributed by atoms with van der Waals surface area (Å²) in [7, 11) is 0. The van der Waals surface area contributed by atoms with Crippen molar-refractivity contribution in [1.29, 1.82) is 0 Å². The highest BCUT2D eigenvalue weighted by Crippen LogP contribution is 2.54. The number of rotatable bonds is 4. The lowest BCUT2D eigenvalue weighted by Crippen LogP contribution is -2.50. The van der Waals surface area contributed by atoms with Gasteiger partial charge in [-0.25, -0.2) is 13.6 Å². The van der Waals surface area contributed by atoms with Crippen LogP contribution in [-0.2, 0) is 5.67 Å². The van der Waals surface area contributed by atoms with E-state index in [0.29, 0.717) is 10.5 Å². The first-order valence-electron chi connectivity index (χ1n) is 8.99. The van der Waals surface area contributed by atoms with Crippen LogP contribution in [0.1, 0.15) is 26.3 Å². The second-order valence-electron chi connectivity index (χ2n) is 6.92. The predicted molar refractivity (Wildman–Crippen MR) is 110 cm³/mol. The molecule has 0 aliphatic rings. The number of anilines is 1. The lowest BCUT2D eigenvalue weighted by atomic mass is 9.94. The Bertz CT molecular complexity index is 1280. The van der Waals surface area contributed by atoms with Crippen LogP contribution in [0.25, 0.3) is 10.8 Å². The number of hydrogen-bond donors (Lipinski definition) is 1. The molecule has 0 saturated heterocycles. The summed E-state index contributed by atoms with van der Waals surface area (Å²) >= 11 is 11.8. The fourth-order valence-corrected chi connectivity index (χ4v) is 3.80. The molecule has 1 amide bonds. The topological polar surface area (TPSA) is 57.6 Å². The van der Waals surface area contributed by atoms with E-state index in [4.69, 9.17) is 23.4 Å². The Morgan fingerprint density at radius 3 is 1.76 bits per heavy atom. The molecule has 1 N–H and O–H groups in total. The van der Waals surface area contributed by atoms with E-state index >= 15 is 0 Å². The summed E-state index contributed by atoms with van der Waals surface area (Å²) in [6.45, 7) is 0. The van der Waals surface area contributed by atoms with E-state index in [1.807, 2.05) is 0 Å². The molecule has 0 atom stereocenters. The molecule has 0 unspecified atom stereocenters. The smallest absolute Gasteiger partial charge is 0.435 e.